The number of amides is 1. The minimum Gasteiger partial charge on any atom is -0.423 e. The second-order valence-electron chi connectivity index (χ2n) is 5.81. The van der Waals surface area contributed by atoms with Gasteiger partial charge in [0.05, 0.1) is 11.3 Å². The lowest BCUT2D eigenvalue weighted by Crippen LogP contribution is -2.13. The first-order valence-electron chi connectivity index (χ1n) is 8.39. The Morgan fingerprint density at radius 1 is 0.815 bits per heavy atom. The van der Waals surface area contributed by atoms with Crippen LogP contribution in [0.3, 0.4) is 0 Å². The van der Waals surface area contributed by atoms with Crippen LogP contribution >= 0.6 is 0 Å². The highest BCUT2D eigenvalue weighted by molar-refractivity contribution is 6.08. The molecule has 0 aliphatic carbocycles. The number of nitrogens with one attached hydrogen (secondary N) is 2. The quantitative estimate of drug-likeness (QED) is 0.540. The Bertz CT molecular complexity index is 1030. The minimum absolute atomic E-state index is 0.195. The molecule has 0 saturated heterocycles. The van der Waals surface area contributed by atoms with Crippen molar-refractivity contribution in [1.29, 1.82) is 0 Å². The summed E-state index contributed by atoms with van der Waals surface area (Å²) in [4.78, 5) is 12.7. The number of aromatic nitrogens is 2. The van der Waals surface area contributed by atoms with Gasteiger partial charge in [0.15, 0.2) is 0 Å². The molecule has 0 bridgehead atoms. The molecule has 0 radical (unpaired) electrons. The molecule has 0 spiro atoms. The molecule has 1 amide bonds. The lowest BCUT2D eigenvalue weighted by atomic mass is 10.1. The Kier molecular flexibility index (Phi) is 4.61. The van der Waals surface area contributed by atoms with Crippen LogP contribution in [-0.4, -0.2) is 16.1 Å². The second kappa shape index (κ2) is 7.53. The molecular formula is C21H16N4O2. The summed E-state index contributed by atoms with van der Waals surface area (Å²) in [7, 11) is 0. The molecule has 0 unspecified atom stereocenters. The van der Waals surface area contributed by atoms with Crippen molar-refractivity contribution in [3.8, 4) is 11.5 Å². The lowest BCUT2D eigenvalue weighted by Gasteiger charge is -2.12. The van der Waals surface area contributed by atoms with Crippen molar-refractivity contribution in [2.75, 3.05) is 10.6 Å². The highest BCUT2D eigenvalue weighted by Crippen LogP contribution is 2.23. The third-order valence-electron chi connectivity index (χ3n) is 3.97. The number of carbonyl (C=O) groups excluding carboxylic acids is 1. The van der Waals surface area contributed by atoms with Crippen LogP contribution in [0.25, 0.3) is 11.5 Å². The van der Waals surface area contributed by atoms with E-state index in [1.807, 2.05) is 60.7 Å². The molecule has 132 valence electrons. The molecule has 0 atom stereocenters. The molecule has 1 aromatic heterocycles. The van der Waals surface area contributed by atoms with Gasteiger partial charge in [-0.15, -0.1) is 10.2 Å². The fourth-order valence-electron chi connectivity index (χ4n) is 2.66. The maximum absolute atomic E-state index is 12.7. The van der Waals surface area contributed by atoms with Gasteiger partial charge in [0, 0.05) is 16.9 Å². The van der Waals surface area contributed by atoms with Gasteiger partial charge in [0.1, 0.15) is 0 Å². The topological polar surface area (TPSA) is 80.1 Å². The lowest BCUT2D eigenvalue weighted by molar-refractivity contribution is 0.102. The van der Waals surface area contributed by atoms with E-state index in [0.717, 1.165) is 16.9 Å². The monoisotopic (exact) mass is 356 g/mol. The fraction of sp³-hybridized carbons (Fsp3) is 0. The second-order valence-corrected chi connectivity index (χ2v) is 5.81. The molecule has 0 fully saturated rings. The minimum atomic E-state index is -0.195. The fourth-order valence-corrected chi connectivity index (χ4v) is 2.66. The normalized spacial score (nSPS) is 10.4. The summed E-state index contributed by atoms with van der Waals surface area (Å²) in [6, 6.07) is 24.3. The largest absolute Gasteiger partial charge is 0.423 e. The molecule has 3 aromatic carbocycles. The van der Waals surface area contributed by atoms with Crippen LogP contribution in [0.15, 0.2) is 89.7 Å². The van der Waals surface area contributed by atoms with Crippen LogP contribution in [-0.2, 0) is 0 Å². The number of hydrogen-bond donors (Lipinski definition) is 2. The van der Waals surface area contributed by atoms with E-state index in [-0.39, 0.29) is 5.91 Å². The van der Waals surface area contributed by atoms with Crippen LogP contribution in [0.5, 0.6) is 0 Å². The number of nitrogens with zero attached hydrogens (tertiary/aromatic N) is 2. The summed E-state index contributed by atoms with van der Waals surface area (Å²) >= 11 is 0. The Balaban J connectivity index is 1.52. The smallest absolute Gasteiger partial charge is 0.257 e. The van der Waals surface area contributed by atoms with Gasteiger partial charge >= 0.3 is 0 Å². The predicted octanol–water partition coefficient (Wildman–Crippen LogP) is 4.73. The van der Waals surface area contributed by atoms with E-state index in [4.69, 9.17) is 4.42 Å². The number of carbonyl (C=O) groups is 1. The molecule has 27 heavy (non-hydrogen) atoms. The number of anilines is 3. The van der Waals surface area contributed by atoms with Crippen molar-refractivity contribution in [3.05, 3.63) is 90.8 Å². The number of rotatable bonds is 5. The molecule has 4 rings (SSSR count). The summed E-state index contributed by atoms with van der Waals surface area (Å²) in [5, 5.41) is 13.7. The summed E-state index contributed by atoms with van der Waals surface area (Å²) in [5.74, 6) is 0.241. The highest BCUT2D eigenvalue weighted by Gasteiger charge is 2.12. The Morgan fingerprint density at radius 2 is 1.56 bits per heavy atom. The zero-order valence-electron chi connectivity index (χ0n) is 14.3. The summed E-state index contributed by atoms with van der Waals surface area (Å²) in [6.07, 6.45) is 1.28. The van der Waals surface area contributed by atoms with Gasteiger partial charge in [-0.05, 0) is 48.5 Å². The third-order valence-corrected chi connectivity index (χ3v) is 3.97. The molecule has 0 aliphatic heterocycles. The van der Waals surface area contributed by atoms with Gasteiger partial charge < -0.3 is 15.1 Å². The van der Waals surface area contributed by atoms with Gasteiger partial charge in [0.25, 0.3) is 5.91 Å². The van der Waals surface area contributed by atoms with Gasteiger partial charge in [-0.3, -0.25) is 4.79 Å². The van der Waals surface area contributed by atoms with Gasteiger partial charge in [-0.25, -0.2) is 0 Å². The molecule has 6 nitrogen and oxygen atoms in total. The summed E-state index contributed by atoms with van der Waals surface area (Å²) < 4.78 is 5.16. The number of benzene rings is 3. The zero-order valence-corrected chi connectivity index (χ0v) is 14.3. The van der Waals surface area contributed by atoms with E-state index in [9.17, 15) is 4.79 Å². The number of hydrogen-bond acceptors (Lipinski definition) is 5. The molecule has 1 heterocycles. The first-order chi connectivity index (χ1) is 13.3. The van der Waals surface area contributed by atoms with Crippen LogP contribution in [0, 0.1) is 0 Å². The molecule has 6 heteroatoms. The van der Waals surface area contributed by atoms with Crippen molar-refractivity contribution in [1.82, 2.24) is 10.2 Å². The number of para-hydroxylation sites is 2. The summed E-state index contributed by atoms with van der Waals surface area (Å²) in [6.45, 7) is 0. The first-order valence-corrected chi connectivity index (χ1v) is 8.39. The maximum Gasteiger partial charge on any atom is 0.257 e. The van der Waals surface area contributed by atoms with Gasteiger partial charge in [-0.1, -0.05) is 30.3 Å². The highest BCUT2D eigenvalue weighted by atomic mass is 16.4. The van der Waals surface area contributed by atoms with Crippen molar-refractivity contribution in [3.63, 3.8) is 0 Å². The van der Waals surface area contributed by atoms with E-state index < -0.39 is 0 Å². The van der Waals surface area contributed by atoms with E-state index in [0.29, 0.717) is 17.1 Å². The van der Waals surface area contributed by atoms with E-state index in [2.05, 4.69) is 20.8 Å². The molecule has 4 aromatic rings. The van der Waals surface area contributed by atoms with E-state index in [1.54, 1.807) is 18.2 Å². The Labute approximate surface area is 155 Å². The van der Waals surface area contributed by atoms with Crippen molar-refractivity contribution in [2.24, 2.45) is 0 Å². The predicted molar refractivity (Wildman–Crippen MR) is 104 cm³/mol. The zero-order chi connectivity index (χ0) is 18.5. The first kappa shape index (κ1) is 16.5. The molecule has 2 N–H and O–H groups in total. The van der Waals surface area contributed by atoms with E-state index in [1.165, 1.54) is 6.39 Å². The standard InChI is InChI=1S/C21H16N4O2/c26-20(24-17-12-10-15(11-13-17)21-25-22-14-27-21)18-8-4-5-9-19(18)23-16-6-2-1-3-7-16/h1-14,23H,(H,24,26). The van der Waals surface area contributed by atoms with Crippen LogP contribution in [0.2, 0.25) is 0 Å². The van der Waals surface area contributed by atoms with Gasteiger partial charge in [0.2, 0.25) is 12.3 Å². The van der Waals surface area contributed by atoms with Gasteiger partial charge in [-0.2, -0.15) is 0 Å². The SMILES string of the molecule is O=C(Nc1ccc(-c2nnco2)cc1)c1ccccc1Nc1ccccc1. The molecular weight excluding hydrogens is 340 g/mol. The van der Waals surface area contributed by atoms with Crippen LogP contribution in [0.1, 0.15) is 10.4 Å². The average molecular weight is 356 g/mol. The van der Waals surface area contributed by atoms with Crippen molar-refractivity contribution < 1.29 is 9.21 Å². The molecule has 0 saturated carbocycles. The Hall–Kier alpha value is -3.93. The van der Waals surface area contributed by atoms with Crippen molar-refractivity contribution >= 4 is 23.0 Å². The average Bonchev–Trinajstić information content (AvgIpc) is 3.25. The maximum atomic E-state index is 12.7. The summed E-state index contributed by atoms with van der Waals surface area (Å²) in [5.41, 5.74) is 3.68. The van der Waals surface area contributed by atoms with Crippen LogP contribution in [0.4, 0.5) is 17.1 Å². The van der Waals surface area contributed by atoms with Crippen molar-refractivity contribution in [2.45, 2.75) is 0 Å². The molecule has 0 aliphatic rings. The van der Waals surface area contributed by atoms with E-state index >= 15 is 0 Å². The van der Waals surface area contributed by atoms with Crippen LogP contribution < -0.4 is 10.6 Å². The Morgan fingerprint density at radius 3 is 2.30 bits per heavy atom. The third kappa shape index (κ3) is 3.85.